The zero-order valence-corrected chi connectivity index (χ0v) is 14.3. The molecule has 0 atom stereocenters. The fraction of sp³-hybridized carbons (Fsp3) is 0.200. The average Bonchev–Trinajstić information content (AvgIpc) is 2.55. The Morgan fingerprint density at radius 2 is 1.79 bits per heavy atom. The lowest BCUT2D eigenvalue weighted by Gasteiger charge is -2.09. The van der Waals surface area contributed by atoms with Crippen LogP contribution < -0.4 is 10.1 Å². The fourth-order valence-corrected chi connectivity index (χ4v) is 2.41. The lowest BCUT2D eigenvalue weighted by atomic mass is 10.1. The number of anilines is 1. The van der Waals surface area contributed by atoms with Gasteiger partial charge < -0.3 is 10.1 Å². The van der Waals surface area contributed by atoms with E-state index in [1.165, 1.54) is 0 Å². The van der Waals surface area contributed by atoms with Crippen LogP contribution in [0.15, 0.2) is 42.0 Å². The highest BCUT2D eigenvalue weighted by Gasteiger charge is 2.12. The SMILES string of the molecule is COc1ccc(C)cc1/C=C(\C#N)C(=O)Nc1ccc(C)cc1C. The van der Waals surface area contributed by atoms with Crippen molar-refractivity contribution in [2.24, 2.45) is 0 Å². The summed E-state index contributed by atoms with van der Waals surface area (Å²) in [5.41, 5.74) is 4.51. The molecule has 0 heterocycles. The van der Waals surface area contributed by atoms with Crippen LogP contribution >= 0.6 is 0 Å². The highest BCUT2D eigenvalue weighted by Crippen LogP contribution is 2.23. The van der Waals surface area contributed by atoms with Crippen LogP contribution in [0, 0.1) is 32.1 Å². The summed E-state index contributed by atoms with van der Waals surface area (Å²) in [6.07, 6.45) is 1.55. The van der Waals surface area contributed by atoms with E-state index in [1.54, 1.807) is 13.2 Å². The first-order valence-electron chi connectivity index (χ1n) is 7.59. The largest absolute Gasteiger partial charge is 0.496 e. The van der Waals surface area contributed by atoms with Gasteiger partial charge in [-0.25, -0.2) is 0 Å². The number of hydrogen-bond donors (Lipinski definition) is 1. The molecule has 0 saturated heterocycles. The lowest BCUT2D eigenvalue weighted by molar-refractivity contribution is -0.112. The van der Waals surface area contributed by atoms with Crippen LogP contribution in [0.1, 0.15) is 22.3 Å². The van der Waals surface area contributed by atoms with Gasteiger partial charge in [-0.3, -0.25) is 4.79 Å². The van der Waals surface area contributed by atoms with E-state index in [-0.39, 0.29) is 5.57 Å². The molecule has 0 fully saturated rings. The van der Waals surface area contributed by atoms with Crippen molar-refractivity contribution in [3.05, 3.63) is 64.2 Å². The number of methoxy groups -OCH3 is 1. The van der Waals surface area contributed by atoms with Crippen molar-refractivity contribution in [3.63, 3.8) is 0 Å². The zero-order chi connectivity index (χ0) is 17.7. The van der Waals surface area contributed by atoms with Crippen LogP contribution in [-0.2, 0) is 4.79 Å². The summed E-state index contributed by atoms with van der Waals surface area (Å²) in [5, 5.41) is 12.2. The minimum atomic E-state index is -0.437. The molecule has 0 aromatic heterocycles. The van der Waals surface area contributed by atoms with Gasteiger partial charge in [0.25, 0.3) is 5.91 Å². The maximum atomic E-state index is 12.4. The van der Waals surface area contributed by atoms with E-state index in [1.807, 2.05) is 63.2 Å². The van der Waals surface area contributed by atoms with Gasteiger partial charge in [0.2, 0.25) is 0 Å². The minimum absolute atomic E-state index is 0.0267. The molecule has 0 radical (unpaired) electrons. The Morgan fingerprint density at radius 3 is 2.42 bits per heavy atom. The van der Waals surface area contributed by atoms with Gasteiger partial charge in [-0.05, 0) is 50.6 Å². The van der Waals surface area contributed by atoms with Crippen LogP contribution in [0.3, 0.4) is 0 Å². The van der Waals surface area contributed by atoms with Crippen LogP contribution in [0.5, 0.6) is 5.75 Å². The summed E-state index contributed by atoms with van der Waals surface area (Å²) in [5.74, 6) is 0.181. The van der Waals surface area contributed by atoms with Crippen molar-refractivity contribution in [1.82, 2.24) is 0 Å². The van der Waals surface area contributed by atoms with Crippen molar-refractivity contribution in [2.45, 2.75) is 20.8 Å². The number of nitrogens with zero attached hydrogens (tertiary/aromatic N) is 1. The molecule has 0 saturated carbocycles. The fourth-order valence-electron chi connectivity index (χ4n) is 2.41. The third kappa shape index (κ3) is 4.02. The van der Waals surface area contributed by atoms with Crippen molar-refractivity contribution < 1.29 is 9.53 Å². The van der Waals surface area contributed by atoms with Crippen LogP contribution in [-0.4, -0.2) is 13.0 Å². The molecular formula is C20H20N2O2. The number of hydrogen-bond acceptors (Lipinski definition) is 3. The maximum absolute atomic E-state index is 12.4. The lowest BCUT2D eigenvalue weighted by Crippen LogP contribution is -2.14. The Bertz CT molecular complexity index is 845. The van der Waals surface area contributed by atoms with Gasteiger partial charge in [-0.1, -0.05) is 29.3 Å². The minimum Gasteiger partial charge on any atom is -0.496 e. The topological polar surface area (TPSA) is 62.1 Å². The van der Waals surface area contributed by atoms with Crippen molar-refractivity contribution in [1.29, 1.82) is 5.26 Å². The number of benzene rings is 2. The quantitative estimate of drug-likeness (QED) is 0.679. The van der Waals surface area contributed by atoms with Crippen LogP contribution in [0.2, 0.25) is 0 Å². The van der Waals surface area contributed by atoms with E-state index >= 15 is 0 Å². The second-order valence-electron chi connectivity index (χ2n) is 5.69. The van der Waals surface area contributed by atoms with Gasteiger partial charge in [0.05, 0.1) is 7.11 Å². The molecule has 122 valence electrons. The van der Waals surface area contributed by atoms with E-state index in [4.69, 9.17) is 4.74 Å². The van der Waals surface area contributed by atoms with Crippen LogP contribution in [0.4, 0.5) is 5.69 Å². The standard InChI is InChI=1S/C20H20N2O2/c1-13-5-7-18(15(3)9-13)22-20(23)17(12-21)11-16-10-14(2)6-8-19(16)24-4/h5-11H,1-4H3,(H,22,23)/b17-11+. The Kier molecular flexibility index (Phi) is 5.39. The van der Waals surface area contributed by atoms with Crippen LogP contribution in [0.25, 0.3) is 6.08 Å². The van der Waals surface area contributed by atoms with Gasteiger partial charge >= 0.3 is 0 Å². The highest BCUT2D eigenvalue weighted by molar-refractivity contribution is 6.10. The zero-order valence-electron chi connectivity index (χ0n) is 14.3. The molecule has 2 aromatic carbocycles. The van der Waals surface area contributed by atoms with Crippen molar-refractivity contribution >= 4 is 17.7 Å². The summed E-state index contributed by atoms with van der Waals surface area (Å²) in [4.78, 5) is 12.4. The number of aryl methyl sites for hydroxylation is 3. The molecule has 0 aliphatic rings. The van der Waals surface area contributed by atoms with Crippen molar-refractivity contribution in [2.75, 3.05) is 12.4 Å². The van der Waals surface area contributed by atoms with Crippen molar-refractivity contribution in [3.8, 4) is 11.8 Å². The molecule has 4 heteroatoms. The summed E-state index contributed by atoms with van der Waals surface area (Å²) < 4.78 is 5.29. The average molecular weight is 320 g/mol. The highest BCUT2D eigenvalue weighted by atomic mass is 16.5. The third-order valence-corrected chi connectivity index (χ3v) is 3.68. The number of amides is 1. The van der Waals surface area contributed by atoms with Gasteiger partial charge in [0.15, 0.2) is 0 Å². The van der Waals surface area contributed by atoms with E-state index in [0.29, 0.717) is 17.0 Å². The first-order valence-corrected chi connectivity index (χ1v) is 7.59. The van der Waals surface area contributed by atoms with E-state index in [0.717, 1.165) is 16.7 Å². The number of nitrogens with one attached hydrogen (secondary N) is 1. The summed E-state index contributed by atoms with van der Waals surface area (Å²) in [7, 11) is 1.56. The summed E-state index contributed by atoms with van der Waals surface area (Å²) in [6, 6.07) is 13.3. The molecule has 0 bridgehead atoms. The molecule has 1 amide bonds. The number of nitriles is 1. The van der Waals surface area contributed by atoms with Gasteiger partial charge in [-0.15, -0.1) is 0 Å². The number of ether oxygens (including phenoxy) is 1. The molecule has 0 aliphatic carbocycles. The van der Waals surface area contributed by atoms with E-state index in [2.05, 4.69) is 5.32 Å². The Morgan fingerprint density at radius 1 is 1.12 bits per heavy atom. The smallest absolute Gasteiger partial charge is 0.266 e. The molecule has 0 spiro atoms. The second kappa shape index (κ2) is 7.47. The predicted octanol–water partition coefficient (Wildman–Crippen LogP) is 4.17. The van der Waals surface area contributed by atoms with Gasteiger partial charge in [0, 0.05) is 11.3 Å². The Labute approximate surface area is 142 Å². The second-order valence-corrected chi connectivity index (χ2v) is 5.69. The molecule has 0 aliphatic heterocycles. The first-order chi connectivity index (χ1) is 11.4. The number of rotatable bonds is 4. The van der Waals surface area contributed by atoms with Gasteiger partial charge in [-0.2, -0.15) is 5.26 Å². The first kappa shape index (κ1) is 17.3. The maximum Gasteiger partial charge on any atom is 0.266 e. The monoisotopic (exact) mass is 320 g/mol. The van der Waals surface area contributed by atoms with E-state index < -0.39 is 5.91 Å². The molecule has 1 N–H and O–H groups in total. The molecular weight excluding hydrogens is 300 g/mol. The molecule has 2 aromatic rings. The normalized spacial score (nSPS) is 10.9. The molecule has 24 heavy (non-hydrogen) atoms. The van der Waals surface area contributed by atoms with E-state index in [9.17, 15) is 10.1 Å². The summed E-state index contributed by atoms with van der Waals surface area (Å²) >= 11 is 0. The number of carbonyl (C=O) groups is 1. The molecule has 4 nitrogen and oxygen atoms in total. The Balaban J connectivity index is 2.32. The summed E-state index contributed by atoms with van der Waals surface area (Å²) in [6.45, 7) is 5.85. The Hall–Kier alpha value is -3.06. The molecule has 2 rings (SSSR count). The number of carbonyl (C=O) groups excluding carboxylic acids is 1. The predicted molar refractivity (Wildman–Crippen MR) is 95.9 cm³/mol. The molecule has 0 unspecified atom stereocenters. The van der Waals surface area contributed by atoms with Gasteiger partial charge in [0.1, 0.15) is 17.4 Å². The third-order valence-electron chi connectivity index (χ3n) is 3.68.